The summed E-state index contributed by atoms with van der Waals surface area (Å²) in [4.78, 5) is 0. The van der Waals surface area contributed by atoms with Crippen molar-refractivity contribution >= 4 is 11.0 Å². The minimum atomic E-state index is 0.412. The van der Waals surface area contributed by atoms with Crippen LogP contribution in [-0.4, -0.2) is 6.54 Å². The van der Waals surface area contributed by atoms with Gasteiger partial charge in [0.25, 0.3) is 0 Å². The summed E-state index contributed by atoms with van der Waals surface area (Å²) in [7, 11) is 0. The molecule has 0 radical (unpaired) electrons. The van der Waals surface area contributed by atoms with Crippen molar-refractivity contribution in [3.63, 3.8) is 0 Å². The number of furan rings is 1. The molecule has 2 aliphatic rings. The van der Waals surface area contributed by atoms with Gasteiger partial charge in [0.1, 0.15) is 11.3 Å². The largest absolute Gasteiger partial charge is 0.459 e. The van der Waals surface area contributed by atoms with Crippen molar-refractivity contribution in [3.8, 4) is 0 Å². The van der Waals surface area contributed by atoms with Crippen LogP contribution in [0.1, 0.15) is 44.4 Å². The molecule has 2 nitrogen and oxygen atoms in total. The van der Waals surface area contributed by atoms with Crippen molar-refractivity contribution in [2.24, 2.45) is 17.8 Å². The number of rotatable bonds is 5. The number of fused-ring (bicyclic) bond motifs is 2. The lowest BCUT2D eigenvalue weighted by molar-refractivity contribution is 0.301. The molecule has 2 saturated carbocycles. The Hall–Kier alpha value is -1.28. The molecule has 20 heavy (non-hydrogen) atoms. The Morgan fingerprint density at radius 2 is 2.00 bits per heavy atom. The van der Waals surface area contributed by atoms with Gasteiger partial charge in [-0.2, -0.15) is 0 Å². The number of hydrogen-bond acceptors (Lipinski definition) is 2. The van der Waals surface area contributed by atoms with E-state index in [1.54, 1.807) is 0 Å². The maximum Gasteiger partial charge on any atom is 0.134 e. The predicted molar refractivity (Wildman–Crippen MR) is 81.6 cm³/mol. The SMILES string of the molecule is CCCNC(c1cc2ccccc2o1)C1CC2CC2C1. The zero-order valence-corrected chi connectivity index (χ0v) is 12.1. The summed E-state index contributed by atoms with van der Waals surface area (Å²) in [5.74, 6) is 3.96. The third-order valence-electron chi connectivity index (χ3n) is 5.12. The first-order valence-electron chi connectivity index (χ1n) is 8.07. The van der Waals surface area contributed by atoms with Crippen LogP contribution in [0.3, 0.4) is 0 Å². The van der Waals surface area contributed by atoms with Gasteiger partial charge in [-0.25, -0.2) is 0 Å². The molecule has 2 heteroatoms. The van der Waals surface area contributed by atoms with Crippen molar-refractivity contribution in [1.82, 2.24) is 5.32 Å². The summed E-state index contributed by atoms with van der Waals surface area (Å²) in [5, 5.41) is 4.97. The molecule has 2 aromatic rings. The van der Waals surface area contributed by atoms with E-state index in [0.29, 0.717) is 6.04 Å². The molecule has 4 rings (SSSR count). The molecule has 106 valence electrons. The molecule has 0 spiro atoms. The Morgan fingerprint density at radius 3 is 2.75 bits per heavy atom. The van der Waals surface area contributed by atoms with E-state index < -0.39 is 0 Å². The highest BCUT2D eigenvalue weighted by Gasteiger charge is 2.48. The molecule has 2 fully saturated rings. The van der Waals surface area contributed by atoms with Crippen LogP contribution in [0.2, 0.25) is 0 Å². The highest BCUT2D eigenvalue weighted by molar-refractivity contribution is 5.77. The second-order valence-corrected chi connectivity index (χ2v) is 6.61. The lowest BCUT2D eigenvalue weighted by atomic mass is 9.92. The van der Waals surface area contributed by atoms with Crippen LogP contribution in [0, 0.1) is 17.8 Å². The van der Waals surface area contributed by atoms with Gasteiger partial charge in [-0.3, -0.25) is 0 Å². The Bertz CT molecular complexity index is 559. The average molecular weight is 269 g/mol. The van der Waals surface area contributed by atoms with Crippen molar-refractivity contribution in [1.29, 1.82) is 0 Å². The van der Waals surface area contributed by atoms with Crippen LogP contribution < -0.4 is 5.32 Å². The Morgan fingerprint density at radius 1 is 1.20 bits per heavy atom. The fourth-order valence-electron chi connectivity index (χ4n) is 3.99. The van der Waals surface area contributed by atoms with Crippen LogP contribution >= 0.6 is 0 Å². The predicted octanol–water partition coefficient (Wildman–Crippen LogP) is 4.52. The van der Waals surface area contributed by atoms with Gasteiger partial charge in [0.2, 0.25) is 0 Å². The first-order chi connectivity index (χ1) is 9.85. The van der Waals surface area contributed by atoms with Gasteiger partial charge < -0.3 is 9.73 Å². The van der Waals surface area contributed by atoms with E-state index in [2.05, 4.69) is 42.6 Å². The van der Waals surface area contributed by atoms with E-state index >= 15 is 0 Å². The van der Waals surface area contributed by atoms with Gasteiger partial charge in [-0.05, 0) is 62.1 Å². The summed E-state index contributed by atoms with van der Waals surface area (Å²) in [6.07, 6.45) is 5.44. The van der Waals surface area contributed by atoms with Crippen LogP contribution in [0.4, 0.5) is 0 Å². The summed E-state index contributed by atoms with van der Waals surface area (Å²) >= 11 is 0. The molecule has 3 atom stereocenters. The second-order valence-electron chi connectivity index (χ2n) is 6.61. The van der Waals surface area contributed by atoms with Crippen molar-refractivity contribution in [2.75, 3.05) is 6.54 Å². The van der Waals surface area contributed by atoms with Crippen LogP contribution in [-0.2, 0) is 0 Å². The normalized spacial score (nSPS) is 29.6. The summed E-state index contributed by atoms with van der Waals surface area (Å²) < 4.78 is 6.13. The zero-order valence-electron chi connectivity index (χ0n) is 12.1. The molecule has 3 unspecified atom stereocenters. The van der Waals surface area contributed by atoms with Gasteiger partial charge >= 0.3 is 0 Å². The van der Waals surface area contributed by atoms with Gasteiger partial charge in [0.15, 0.2) is 0 Å². The first-order valence-corrected chi connectivity index (χ1v) is 8.07. The van der Waals surface area contributed by atoms with Gasteiger partial charge in [0.05, 0.1) is 6.04 Å². The average Bonchev–Trinajstić information content (AvgIpc) is 2.89. The van der Waals surface area contributed by atoms with Crippen molar-refractivity contribution in [2.45, 2.75) is 38.6 Å². The van der Waals surface area contributed by atoms with Crippen LogP contribution in [0.25, 0.3) is 11.0 Å². The van der Waals surface area contributed by atoms with E-state index in [-0.39, 0.29) is 0 Å². The van der Waals surface area contributed by atoms with E-state index in [9.17, 15) is 0 Å². The van der Waals surface area contributed by atoms with Crippen LogP contribution in [0.5, 0.6) is 0 Å². The fourth-order valence-corrected chi connectivity index (χ4v) is 3.99. The number of benzene rings is 1. The molecule has 1 aromatic heterocycles. The summed E-state index contributed by atoms with van der Waals surface area (Å²) in [5.41, 5.74) is 1.02. The van der Waals surface area contributed by atoms with E-state index in [4.69, 9.17) is 4.42 Å². The van der Waals surface area contributed by atoms with E-state index in [0.717, 1.165) is 35.6 Å². The third kappa shape index (κ3) is 2.16. The molecule has 1 heterocycles. The lowest BCUT2D eigenvalue weighted by Gasteiger charge is -2.24. The van der Waals surface area contributed by atoms with Crippen molar-refractivity contribution in [3.05, 3.63) is 36.1 Å². The minimum Gasteiger partial charge on any atom is -0.459 e. The number of nitrogens with one attached hydrogen (secondary N) is 1. The molecule has 0 aliphatic heterocycles. The first kappa shape index (κ1) is 12.5. The summed E-state index contributed by atoms with van der Waals surface area (Å²) in [6.45, 7) is 3.31. The zero-order chi connectivity index (χ0) is 13.5. The highest BCUT2D eigenvalue weighted by atomic mass is 16.3. The quantitative estimate of drug-likeness (QED) is 0.863. The molecular formula is C18H23NO. The third-order valence-corrected chi connectivity index (χ3v) is 5.12. The molecule has 2 aliphatic carbocycles. The lowest BCUT2D eigenvalue weighted by Crippen LogP contribution is -2.28. The van der Waals surface area contributed by atoms with E-state index in [1.165, 1.54) is 31.1 Å². The maximum atomic E-state index is 6.13. The Labute approximate surface area is 120 Å². The number of para-hydroxylation sites is 1. The standard InChI is InChI=1S/C18H23NO/c1-2-7-19-18(15-9-13-8-14(13)10-15)17-11-12-5-3-4-6-16(12)20-17/h3-6,11,13-15,18-19H,2,7-10H2,1H3. The number of hydrogen-bond donors (Lipinski definition) is 1. The van der Waals surface area contributed by atoms with Crippen molar-refractivity contribution < 1.29 is 4.42 Å². The second kappa shape index (κ2) is 4.92. The Kier molecular flexibility index (Phi) is 3.07. The monoisotopic (exact) mass is 269 g/mol. The minimum absolute atomic E-state index is 0.412. The highest BCUT2D eigenvalue weighted by Crippen LogP contribution is 2.57. The van der Waals surface area contributed by atoms with Gasteiger partial charge in [-0.15, -0.1) is 0 Å². The molecule has 1 aromatic carbocycles. The molecule has 0 bridgehead atoms. The molecule has 1 N–H and O–H groups in total. The topological polar surface area (TPSA) is 25.2 Å². The summed E-state index contributed by atoms with van der Waals surface area (Å²) in [6, 6.07) is 11.0. The maximum absolute atomic E-state index is 6.13. The molecule has 0 amide bonds. The smallest absolute Gasteiger partial charge is 0.134 e. The molecular weight excluding hydrogens is 246 g/mol. The van der Waals surface area contributed by atoms with Gasteiger partial charge in [-0.1, -0.05) is 25.1 Å². The Balaban J connectivity index is 1.62. The molecule has 0 saturated heterocycles. The van der Waals surface area contributed by atoms with Gasteiger partial charge in [0, 0.05) is 5.39 Å². The van der Waals surface area contributed by atoms with Crippen LogP contribution in [0.15, 0.2) is 34.7 Å². The fraction of sp³-hybridized carbons (Fsp3) is 0.556. The van der Waals surface area contributed by atoms with E-state index in [1.807, 2.05) is 0 Å².